The van der Waals surface area contributed by atoms with Crippen LogP contribution in [0.5, 0.6) is 0 Å². The summed E-state index contributed by atoms with van der Waals surface area (Å²) in [6, 6.07) is 24.0. The highest BCUT2D eigenvalue weighted by Crippen LogP contribution is 2.08. The molecule has 0 aromatic heterocycles. The minimum Gasteiger partial charge on any atom is -0.0776 e. The highest BCUT2D eigenvalue weighted by atomic mass is 14.0. The van der Waals surface area contributed by atoms with Crippen molar-refractivity contribution >= 4 is 0 Å². The molecule has 0 aliphatic rings. The van der Waals surface area contributed by atoms with Crippen LogP contribution in [0.4, 0.5) is 0 Å². The predicted octanol–water partition coefficient (Wildman–Crippen LogP) is 10.2. The number of rotatable bonds is 0. The molecule has 0 bridgehead atoms. The Labute approximate surface area is 174 Å². The lowest BCUT2D eigenvalue weighted by molar-refractivity contribution is 0.469. The first-order valence-electron chi connectivity index (χ1n) is 9.41. The standard InChI is InChI=1S/2C6H6.2C5H12.C3H8.2CH4/c2*1-2-4-6-5-3-1;2*1-5(2,3)4;1-3-2;;/h2*1-6H;2*1-4H3;3H2,1-2H3;2*1H4. The van der Waals surface area contributed by atoms with Gasteiger partial charge < -0.3 is 0 Å². The van der Waals surface area contributed by atoms with Crippen molar-refractivity contribution in [3.8, 4) is 0 Å². The zero-order chi connectivity index (χ0) is 20.2. The van der Waals surface area contributed by atoms with Gasteiger partial charge in [-0.1, -0.05) is 163 Å². The van der Waals surface area contributed by atoms with E-state index in [1.165, 1.54) is 6.42 Å². The Morgan fingerprint density at radius 2 is 0.407 bits per heavy atom. The molecule has 0 aliphatic heterocycles. The normalized spacial score (nSPS) is 8.67. The second kappa shape index (κ2) is 24.4. The van der Waals surface area contributed by atoms with Crippen molar-refractivity contribution < 1.29 is 0 Å². The Balaban J connectivity index is -0.0000000747. The van der Waals surface area contributed by atoms with Gasteiger partial charge in [-0.05, 0) is 10.8 Å². The Bertz CT molecular complexity index is 306. The van der Waals surface area contributed by atoms with Gasteiger partial charge in [0.15, 0.2) is 0 Å². The summed E-state index contributed by atoms with van der Waals surface area (Å²) in [5.74, 6) is 0. The molecule has 2 aromatic carbocycles. The zero-order valence-corrected chi connectivity index (χ0v) is 18.6. The average Bonchev–Trinajstić information content (AvgIpc) is 2.49. The van der Waals surface area contributed by atoms with Crippen LogP contribution in [-0.2, 0) is 0 Å². The summed E-state index contributed by atoms with van der Waals surface area (Å²) in [7, 11) is 0. The summed E-state index contributed by atoms with van der Waals surface area (Å²) in [6.07, 6.45) is 1.25. The van der Waals surface area contributed by atoms with Crippen molar-refractivity contribution in [3.05, 3.63) is 72.8 Å². The summed E-state index contributed by atoms with van der Waals surface area (Å²) < 4.78 is 0. The van der Waals surface area contributed by atoms with Gasteiger partial charge in [-0.25, -0.2) is 0 Å². The summed E-state index contributed by atoms with van der Waals surface area (Å²) in [5.41, 5.74) is 1.00. The highest BCUT2D eigenvalue weighted by Gasteiger charge is 1.96. The molecule has 0 heteroatoms. The first-order chi connectivity index (χ1) is 11.4. The van der Waals surface area contributed by atoms with E-state index >= 15 is 0 Å². The van der Waals surface area contributed by atoms with E-state index in [4.69, 9.17) is 0 Å². The lowest BCUT2D eigenvalue weighted by Gasteiger charge is -2.05. The molecule has 0 unspecified atom stereocenters. The Morgan fingerprint density at radius 3 is 0.444 bits per heavy atom. The molecule has 0 atom stereocenters. The fraction of sp³-hybridized carbons (Fsp3) is 0.556. The molecule has 27 heavy (non-hydrogen) atoms. The lowest BCUT2D eigenvalue weighted by atomic mass is 10.0. The molecular formula is C27H52. The molecular weight excluding hydrogens is 324 g/mol. The molecule has 0 aliphatic carbocycles. The molecule has 0 N–H and O–H groups in total. The monoisotopic (exact) mass is 376 g/mol. The average molecular weight is 377 g/mol. The van der Waals surface area contributed by atoms with E-state index in [1.807, 2.05) is 72.8 Å². The predicted molar refractivity (Wildman–Crippen MR) is 133 cm³/mol. The highest BCUT2D eigenvalue weighted by molar-refractivity contribution is 4.99. The largest absolute Gasteiger partial charge is 0.0776 e. The van der Waals surface area contributed by atoms with Crippen molar-refractivity contribution in [1.82, 2.24) is 0 Å². The lowest BCUT2D eigenvalue weighted by Crippen LogP contribution is -1.93. The fourth-order valence-corrected chi connectivity index (χ4v) is 0.770. The molecule has 160 valence electrons. The van der Waals surface area contributed by atoms with Crippen molar-refractivity contribution in [2.75, 3.05) is 0 Å². The van der Waals surface area contributed by atoms with E-state index in [0.29, 0.717) is 10.8 Å². The van der Waals surface area contributed by atoms with Crippen LogP contribution in [0.2, 0.25) is 0 Å². The van der Waals surface area contributed by atoms with Gasteiger partial charge in [-0.2, -0.15) is 0 Å². The first kappa shape index (κ1) is 36.4. The van der Waals surface area contributed by atoms with Crippen LogP contribution in [0.15, 0.2) is 72.8 Å². The van der Waals surface area contributed by atoms with E-state index in [0.717, 1.165) is 0 Å². The maximum absolute atomic E-state index is 2.19. The van der Waals surface area contributed by atoms with Gasteiger partial charge in [0, 0.05) is 0 Å². The summed E-state index contributed by atoms with van der Waals surface area (Å²) in [5, 5.41) is 0. The van der Waals surface area contributed by atoms with Crippen LogP contribution in [0.25, 0.3) is 0 Å². The van der Waals surface area contributed by atoms with Crippen LogP contribution < -0.4 is 0 Å². The smallest absolute Gasteiger partial charge is 0.0411 e. The Kier molecular flexibility index (Phi) is 32.9. The van der Waals surface area contributed by atoms with Crippen LogP contribution in [-0.4, -0.2) is 0 Å². The quantitative estimate of drug-likeness (QED) is 0.429. The second-order valence-electron chi connectivity index (χ2n) is 9.02. The van der Waals surface area contributed by atoms with Gasteiger partial charge in [0.05, 0.1) is 0 Å². The van der Waals surface area contributed by atoms with E-state index in [-0.39, 0.29) is 14.9 Å². The SMILES string of the molecule is C.C.CC(C)(C)C.CC(C)(C)C.CCC.c1ccccc1.c1ccccc1. The molecule has 0 heterocycles. The van der Waals surface area contributed by atoms with Gasteiger partial charge in [0.1, 0.15) is 0 Å². The Hall–Kier alpha value is -1.56. The van der Waals surface area contributed by atoms with Crippen LogP contribution in [0.3, 0.4) is 0 Å². The molecule has 0 amide bonds. The van der Waals surface area contributed by atoms with E-state index in [1.54, 1.807) is 0 Å². The van der Waals surface area contributed by atoms with Crippen LogP contribution in [0, 0.1) is 10.8 Å². The van der Waals surface area contributed by atoms with Crippen LogP contribution in [0.1, 0.15) is 90.5 Å². The second-order valence-corrected chi connectivity index (χ2v) is 9.02. The summed E-state index contributed by atoms with van der Waals surface area (Å²) in [4.78, 5) is 0. The van der Waals surface area contributed by atoms with E-state index < -0.39 is 0 Å². The van der Waals surface area contributed by atoms with Gasteiger partial charge in [-0.3, -0.25) is 0 Å². The van der Waals surface area contributed by atoms with Gasteiger partial charge >= 0.3 is 0 Å². The molecule has 0 nitrogen and oxygen atoms in total. The molecule has 0 spiro atoms. The number of hydrogen-bond acceptors (Lipinski definition) is 0. The summed E-state index contributed by atoms with van der Waals surface area (Å²) >= 11 is 0. The summed E-state index contributed by atoms with van der Waals surface area (Å²) in [6.45, 7) is 21.8. The van der Waals surface area contributed by atoms with Gasteiger partial charge in [0.2, 0.25) is 0 Å². The van der Waals surface area contributed by atoms with Crippen LogP contribution >= 0.6 is 0 Å². The molecule has 0 fully saturated rings. The number of hydrogen-bond donors (Lipinski definition) is 0. The number of benzene rings is 2. The van der Waals surface area contributed by atoms with Crippen molar-refractivity contribution in [3.63, 3.8) is 0 Å². The van der Waals surface area contributed by atoms with Crippen molar-refractivity contribution in [2.45, 2.75) is 90.5 Å². The van der Waals surface area contributed by atoms with E-state index in [2.05, 4.69) is 69.2 Å². The topological polar surface area (TPSA) is 0 Å². The third-order valence-electron chi connectivity index (χ3n) is 1.33. The van der Waals surface area contributed by atoms with Gasteiger partial charge in [0.25, 0.3) is 0 Å². The minimum absolute atomic E-state index is 0. The third kappa shape index (κ3) is 113. The third-order valence-corrected chi connectivity index (χ3v) is 1.33. The minimum atomic E-state index is 0. The van der Waals surface area contributed by atoms with Crippen molar-refractivity contribution in [2.24, 2.45) is 10.8 Å². The molecule has 2 rings (SSSR count). The molecule has 0 saturated carbocycles. The van der Waals surface area contributed by atoms with Crippen molar-refractivity contribution in [1.29, 1.82) is 0 Å². The maximum atomic E-state index is 2.19. The molecule has 0 saturated heterocycles. The van der Waals surface area contributed by atoms with Gasteiger partial charge in [-0.15, -0.1) is 0 Å². The molecule has 2 aromatic rings. The first-order valence-corrected chi connectivity index (χ1v) is 9.41. The zero-order valence-electron chi connectivity index (χ0n) is 18.6. The fourth-order valence-electron chi connectivity index (χ4n) is 0.770. The maximum Gasteiger partial charge on any atom is -0.0411 e. The molecule has 0 radical (unpaired) electrons. The van der Waals surface area contributed by atoms with E-state index in [9.17, 15) is 0 Å². The Morgan fingerprint density at radius 1 is 0.370 bits per heavy atom.